The Hall–Kier alpha value is -3.17. The van der Waals surface area contributed by atoms with Gasteiger partial charge in [0.05, 0.1) is 11.6 Å². The number of phenolic OH excluding ortho intramolecular Hbond substituents is 2. The van der Waals surface area contributed by atoms with Crippen LogP contribution in [-0.4, -0.2) is 46.2 Å². The molecule has 2 aromatic carbocycles. The van der Waals surface area contributed by atoms with E-state index < -0.39 is 11.9 Å². The van der Waals surface area contributed by atoms with Crippen LogP contribution >= 0.6 is 0 Å². The summed E-state index contributed by atoms with van der Waals surface area (Å²) in [5, 5.41) is 40.1. The maximum absolute atomic E-state index is 11.2. The van der Waals surface area contributed by atoms with E-state index >= 15 is 0 Å². The maximum atomic E-state index is 11.2. The van der Waals surface area contributed by atoms with E-state index in [4.69, 9.17) is 29.8 Å². The van der Waals surface area contributed by atoms with Crippen molar-refractivity contribution in [1.29, 1.82) is 0 Å². The number of carboxylic acids is 2. The Morgan fingerprint density at radius 3 is 1.60 bits per heavy atom. The van der Waals surface area contributed by atoms with Gasteiger partial charge in [0.2, 0.25) is 0 Å². The molecule has 0 saturated heterocycles. The Morgan fingerprint density at radius 2 is 1.18 bits per heavy atom. The Bertz CT molecular complexity index is 1390. The van der Waals surface area contributed by atoms with Crippen LogP contribution in [0.4, 0.5) is 0 Å². The van der Waals surface area contributed by atoms with E-state index in [0.717, 1.165) is 132 Å². The predicted octanol–water partition coefficient (Wildman–Crippen LogP) is 6.83. The summed E-state index contributed by atoms with van der Waals surface area (Å²) in [7, 11) is 0. The normalized spacial score (nSPS) is 19.1. The molecular formula is C41H60CoN2O6. The molecule has 0 heterocycles. The van der Waals surface area contributed by atoms with E-state index in [9.17, 15) is 10.2 Å². The van der Waals surface area contributed by atoms with Crippen LogP contribution in [0.2, 0.25) is 0 Å². The monoisotopic (exact) mass is 735 g/mol. The fourth-order valence-electron chi connectivity index (χ4n) is 6.91. The first kappa shape index (κ1) is 44.8. The predicted molar refractivity (Wildman–Crippen MR) is 196 cm³/mol. The molecule has 8 nitrogen and oxygen atoms in total. The van der Waals surface area contributed by atoms with Crippen LogP contribution < -0.4 is 10.2 Å². The van der Waals surface area contributed by atoms with Crippen molar-refractivity contribution >= 4 is 24.4 Å². The van der Waals surface area contributed by atoms with E-state index in [1.54, 1.807) is 0 Å². The summed E-state index contributed by atoms with van der Waals surface area (Å²) < 4.78 is 0. The Morgan fingerprint density at radius 1 is 0.760 bits per heavy atom. The van der Waals surface area contributed by atoms with Crippen molar-refractivity contribution in [2.45, 2.75) is 156 Å². The van der Waals surface area contributed by atoms with Gasteiger partial charge >= 0.3 is 16.8 Å². The van der Waals surface area contributed by atoms with Crippen molar-refractivity contribution in [3.63, 3.8) is 0 Å². The van der Waals surface area contributed by atoms with Gasteiger partial charge in [0.1, 0.15) is 11.5 Å². The number of benzene rings is 2. The molecule has 1 radical (unpaired) electrons. The summed E-state index contributed by atoms with van der Waals surface area (Å²) in [4.78, 5) is 28.2. The molecule has 2 aliphatic rings. The van der Waals surface area contributed by atoms with Crippen LogP contribution in [0.1, 0.15) is 152 Å². The second-order valence-corrected chi connectivity index (χ2v) is 13.8. The number of unbranched alkanes of at least 4 members (excludes halogenated alkanes) is 4. The summed E-state index contributed by atoms with van der Waals surface area (Å²) in [6, 6.07) is 8.82. The first-order valence-corrected chi connectivity index (χ1v) is 18.5. The van der Waals surface area contributed by atoms with Gasteiger partial charge in [-0.1, -0.05) is 65.5 Å². The molecule has 3 unspecified atom stereocenters. The molecule has 0 amide bonds. The fraction of sp³-hybridized carbons (Fsp3) is 0.610. The Kier molecular flexibility index (Phi) is 20.9. The molecule has 4 rings (SSSR count). The van der Waals surface area contributed by atoms with Crippen LogP contribution in [0, 0.1) is 5.92 Å². The molecule has 2 fully saturated rings. The molecular weight excluding hydrogens is 675 g/mol. The second kappa shape index (κ2) is 23.3. The number of aliphatic carboxylic acids is 2. The first-order valence-electron chi connectivity index (χ1n) is 18.5. The van der Waals surface area contributed by atoms with Crippen LogP contribution in [0.15, 0.2) is 34.3 Å². The third-order valence-electron chi connectivity index (χ3n) is 9.45. The van der Waals surface area contributed by atoms with Gasteiger partial charge in [0, 0.05) is 35.5 Å². The third-order valence-corrected chi connectivity index (χ3v) is 9.45. The number of aromatic hydroxyl groups is 2. The van der Waals surface area contributed by atoms with Crippen molar-refractivity contribution in [3.05, 3.63) is 57.6 Å². The zero-order chi connectivity index (χ0) is 36.4. The molecule has 2 N–H and O–H groups in total. The Balaban J connectivity index is 0.00000125. The molecule has 0 aliphatic heterocycles. The minimum absolute atomic E-state index is 0. The molecule has 0 spiro atoms. The fourth-order valence-corrected chi connectivity index (χ4v) is 6.91. The van der Waals surface area contributed by atoms with Crippen molar-refractivity contribution < 1.29 is 46.8 Å². The number of hydrogen-bond acceptors (Lipinski definition) is 8. The van der Waals surface area contributed by atoms with Gasteiger partial charge in [-0.15, -0.1) is 0 Å². The molecule has 0 aromatic heterocycles. The largest absolute Gasteiger partial charge is 2.00 e. The number of carbonyl (C=O) groups excluding carboxylic acids is 2. The van der Waals surface area contributed by atoms with E-state index in [0.29, 0.717) is 17.4 Å². The number of carbonyl (C=O) groups is 2. The number of aryl methyl sites for hydroxylation is 4. The van der Waals surface area contributed by atoms with E-state index in [2.05, 4.69) is 52.0 Å². The standard InChI is InChI=1S/C37H54N2O2.2C2H4O2.Co/c1-5-9-13-27-19-30(15-11-7-3)35(40)32(21-27)25-38-34-23-29-17-18-37(34,24-29)39-26-33-22-28(14-10-6-2)20-31(36(33)41)16-12-8-4;2*1-2(3)4;/h19-22,25-26,29,34,40-41H,5-18,23-24H2,1-4H3;2*1H3,(H,3,4);/q;;;+2/p-2. The molecule has 2 aliphatic carbocycles. The maximum Gasteiger partial charge on any atom is 2.00 e. The number of fused-ring (bicyclic) bond motifs is 2. The molecule has 3 atom stereocenters. The number of carboxylic acid groups (broad SMARTS) is 2. The average molecular weight is 736 g/mol. The quantitative estimate of drug-likeness (QED) is 0.181. The van der Waals surface area contributed by atoms with Crippen LogP contribution in [-0.2, 0) is 52.1 Å². The van der Waals surface area contributed by atoms with Crippen molar-refractivity contribution in [2.24, 2.45) is 15.9 Å². The minimum Gasteiger partial charge on any atom is -0.550 e. The summed E-state index contributed by atoms with van der Waals surface area (Å²) in [5.74, 6) is -0.708. The van der Waals surface area contributed by atoms with Gasteiger partial charge in [-0.2, -0.15) is 0 Å². The van der Waals surface area contributed by atoms with Crippen molar-refractivity contribution in [3.8, 4) is 11.5 Å². The zero-order valence-corrected chi connectivity index (χ0v) is 32.2. The summed E-state index contributed by atoms with van der Waals surface area (Å²) in [5.41, 5.74) is 6.22. The van der Waals surface area contributed by atoms with Gasteiger partial charge in [0.15, 0.2) is 0 Å². The minimum atomic E-state index is -1.08. The van der Waals surface area contributed by atoms with E-state index in [1.807, 2.05) is 12.4 Å². The molecule has 9 heteroatoms. The number of rotatable bonds is 16. The van der Waals surface area contributed by atoms with E-state index in [-0.39, 0.29) is 28.4 Å². The number of aliphatic imine (C=N–C) groups is 2. The van der Waals surface area contributed by atoms with Crippen LogP contribution in [0.3, 0.4) is 0 Å². The zero-order valence-electron chi connectivity index (χ0n) is 31.2. The van der Waals surface area contributed by atoms with Crippen molar-refractivity contribution in [1.82, 2.24) is 0 Å². The first-order chi connectivity index (χ1) is 23.4. The van der Waals surface area contributed by atoms with Crippen LogP contribution in [0.5, 0.6) is 11.5 Å². The summed E-state index contributed by atoms with van der Waals surface area (Å²) in [6.45, 7) is 10.8. The van der Waals surface area contributed by atoms with Gasteiger partial charge in [-0.25, -0.2) is 0 Å². The summed E-state index contributed by atoms with van der Waals surface area (Å²) in [6.07, 6.45) is 21.2. The Labute approximate surface area is 311 Å². The SMILES string of the molecule is CC(=O)[O-].CC(=O)[O-].CCCCc1cc(C=NC2CC3CCC2(N=Cc2cc(CCCC)cc(CCCC)c2O)C3)c(O)c(CCCC)c1.[Co+2]. The molecule has 279 valence electrons. The third kappa shape index (κ3) is 14.6. The second-order valence-electron chi connectivity index (χ2n) is 13.8. The van der Waals surface area contributed by atoms with Crippen molar-refractivity contribution in [2.75, 3.05) is 0 Å². The molecule has 2 saturated carbocycles. The number of hydrogen-bond donors (Lipinski definition) is 2. The van der Waals surface area contributed by atoms with E-state index in [1.165, 1.54) is 17.5 Å². The average Bonchev–Trinajstić information content (AvgIpc) is 3.63. The van der Waals surface area contributed by atoms with Crippen LogP contribution in [0.25, 0.3) is 0 Å². The molecule has 2 aromatic rings. The van der Waals surface area contributed by atoms with Gasteiger partial charge in [-0.3, -0.25) is 9.98 Å². The molecule has 50 heavy (non-hydrogen) atoms. The number of nitrogens with zero attached hydrogens (tertiary/aromatic N) is 2. The smallest absolute Gasteiger partial charge is 0.550 e. The van der Waals surface area contributed by atoms with Gasteiger partial charge in [-0.05, 0) is 131 Å². The topological polar surface area (TPSA) is 145 Å². The van der Waals surface area contributed by atoms with Gasteiger partial charge in [0.25, 0.3) is 0 Å². The molecule has 2 bridgehead atoms. The summed E-state index contributed by atoms with van der Waals surface area (Å²) >= 11 is 0. The number of phenols is 2. The van der Waals surface area contributed by atoms with Gasteiger partial charge < -0.3 is 30.0 Å².